The van der Waals surface area contributed by atoms with Crippen LogP contribution in [0.1, 0.15) is 32.0 Å². The van der Waals surface area contributed by atoms with E-state index in [2.05, 4.69) is 15.6 Å². The van der Waals surface area contributed by atoms with Gasteiger partial charge in [-0.25, -0.2) is 0 Å². The normalized spacial score (nSPS) is 10.3. The van der Waals surface area contributed by atoms with Crippen LogP contribution in [0, 0.1) is 13.8 Å². The molecule has 0 spiro atoms. The standard InChI is InChI=1S/C21H18ClN3O2/c1-13-9-14(2)11-18(10-13)25-21(27)19-12-15(7-8-23-19)20(26)24-17-5-3-16(22)4-6-17/h3-12H,1-2H3,(H,24,26)(H,25,27). The number of pyridine rings is 1. The van der Waals surface area contributed by atoms with Gasteiger partial charge in [0.25, 0.3) is 11.8 Å². The Morgan fingerprint density at radius 1 is 0.815 bits per heavy atom. The van der Waals surface area contributed by atoms with Gasteiger partial charge in [-0.15, -0.1) is 0 Å². The summed E-state index contributed by atoms with van der Waals surface area (Å²) in [6.45, 7) is 3.92. The molecule has 0 fully saturated rings. The number of rotatable bonds is 4. The molecule has 5 nitrogen and oxygen atoms in total. The van der Waals surface area contributed by atoms with Crippen LogP contribution in [0.3, 0.4) is 0 Å². The number of nitrogens with zero attached hydrogens (tertiary/aromatic N) is 1. The Morgan fingerprint density at radius 3 is 2.11 bits per heavy atom. The van der Waals surface area contributed by atoms with Crippen LogP contribution in [0.5, 0.6) is 0 Å². The third kappa shape index (κ3) is 4.92. The molecular formula is C21H18ClN3O2. The minimum Gasteiger partial charge on any atom is -0.322 e. The van der Waals surface area contributed by atoms with Gasteiger partial charge >= 0.3 is 0 Å². The van der Waals surface area contributed by atoms with Crippen molar-refractivity contribution in [2.75, 3.05) is 10.6 Å². The Labute approximate surface area is 162 Å². The van der Waals surface area contributed by atoms with Crippen LogP contribution in [-0.4, -0.2) is 16.8 Å². The fraction of sp³-hybridized carbons (Fsp3) is 0.0952. The van der Waals surface area contributed by atoms with E-state index in [0.717, 1.165) is 11.1 Å². The van der Waals surface area contributed by atoms with Gasteiger partial charge in [0.2, 0.25) is 0 Å². The summed E-state index contributed by atoms with van der Waals surface area (Å²) in [5, 5.41) is 6.16. The van der Waals surface area contributed by atoms with E-state index in [1.807, 2.05) is 32.0 Å². The second-order valence-corrected chi connectivity index (χ2v) is 6.66. The Morgan fingerprint density at radius 2 is 1.44 bits per heavy atom. The quantitative estimate of drug-likeness (QED) is 0.680. The summed E-state index contributed by atoms with van der Waals surface area (Å²) in [5.41, 5.74) is 3.91. The van der Waals surface area contributed by atoms with Crippen molar-refractivity contribution in [2.24, 2.45) is 0 Å². The molecule has 3 rings (SSSR count). The fourth-order valence-corrected chi connectivity index (χ4v) is 2.80. The first-order valence-corrected chi connectivity index (χ1v) is 8.71. The van der Waals surface area contributed by atoms with E-state index in [-0.39, 0.29) is 17.5 Å². The van der Waals surface area contributed by atoms with Crippen molar-refractivity contribution >= 4 is 34.8 Å². The van der Waals surface area contributed by atoms with Crippen molar-refractivity contribution in [1.82, 2.24) is 4.98 Å². The number of amides is 2. The van der Waals surface area contributed by atoms with Gasteiger partial charge in [0.1, 0.15) is 5.69 Å². The molecule has 6 heteroatoms. The van der Waals surface area contributed by atoms with E-state index >= 15 is 0 Å². The van der Waals surface area contributed by atoms with Gasteiger partial charge in [0.05, 0.1) is 0 Å². The lowest BCUT2D eigenvalue weighted by Crippen LogP contribution is -2.17. The first-order chi connectivity index (χ1) is 12.9. The van der Waals surface area contributed by atoms with Crippen molar-refractivity contribution < 1.29 is 9.59 Å². The molecule has 1 aromatic heterocycles. The topological polar surface area (TPSA) is 71.1 Å². The van der Waals surface area contributed by atoms with E-state index < -0.39 is 0 Å². The summed E-state index contributed by atoms with van der Waals surface area (Å²) in [6, 6.07) is 15.6. The third-order valence-corrected chi connectivity index (χ3v) is 4.09. The largest absolute Gasteiger partial charge is 0.322 e. The highest BCUT2D eigenvalue weighted by molar-refractivity contribution is 6.30. The molecule has 0 atom stereocenters. The number of benzene rings is 2. The lowest BCUT2D eigenvalue weighted by atomic mass is 10.1. The molecule has 3 aromatic rings. The molecule has 0 aliphatic rings. The molecule has 0 aliphatic heterocycles. The van der Waals surface area contributed by atoms with Gasteiger partial charge in [-0.2, -0.15) is 0 Å². The number of halogens is 1. The zero-order chi connectivity index (χ0) is 19.4. The first-order valence-electron chi connectivity index (χ1n) is 8.33. The highest BCUT2D eigenvalue weighted by Gasteiger charge is 2.13. The zero-order valence-corrected chi connectivity index (χ0v) is 15.7. The van der Waals surface area contributed by atoms with Crippen LogP contribution in [0.15, 0.2) is 60.8 Å². The lowest BCUT2D eigenvalue weighted by Gasteiger charge is -2.09. The van der Waals surface area contributed by atoms with E-state index in [9.17, 15) is 9.59 Å². The highest BCUT2D eigenvalue weighted by Crippen LogP contribution is 2.16. The number of aryl methyl sites for hydroxylation is 2. The summed E-state index contributed by atoms with van der Waals surface area (Å²) in [7, 11) is 0. The van der Waals surface area contributed by atoms with Gasteiger partial charge in [-0.05, 0) is 73.5 Å². The minimum absolute atomic E-state index is 0.165. The molecule has 27 heavy (non-hydrogen) atoms. The molecule has 0 saturated carbocycles. The van der Waals surface area contributed by atoms with E-state index in [0.29, 0.717) is 22.0 Å². The Bertz CT molecular complexity index is 980. The maximum Gasteiger partial charge on any atom is 0.274 e. The molecular weight excluding hydrogens is 362 g/mol. The molecule has 2 amide bonds. The third-order valence-electron chi connectivity index (χ3n) is 3.84. The van der Waals surface area contributed by atoms with Crippen molar-refractivity contribution in [2.45, 2.75) is 13.8 Å². The maximum atomic E-state index is 12.5. The predicted molar refractivity (Wildman–Crippen MR) is 108 cm³/mol. The van der Waals surface area contributed by atoms with Crippen LogP contribution in [0.25, 0.3) is 0 Å². The fourth-order valence-electron chi connectivity index (χ4n) is 2.67. The first kappa shape index (κ1) is 18.6. The molecule has 0 saturated heterocycles. The number of carbonyl (C=O) groups excluding carboxylic acids is 2. The average molecular weight is 380 g/mol. The summed E-state index contributed by atoms with van der Waals surface area (Å²) in [5.74, 6) is -0.707. The molecule has 0 unspecified atom stereocenters. The van der Waals surface area contributed by atoms with Gasteiger partial charge < -0.3 is 10.6 Å². The molecule has 2 N–H and O–H groups in total. The van der Waals surface area contributed by atoms with Gasteiger partial charge in [-0.1, -0.05) is 17.7 Å². The SMILES string of the molecule is Cc1cc(C)cc(NC(=O)c2cc(C(=O)Nc3ccc(Cl)cc3)ccn2)c1. The second kappa shape index (κ2) is 8.01. The van der Waals surface area contributed by atoms with Crippen LogP contribution in [0.4, 0.5) is 11.4 Å². The second-order valence-electron chi connectivity index (χ2n) is 6.22. The summed E-state index contributed by atoms with van der Waals surface area (Å²) in [4.78, 5) is 29.0. The van der Waals surface area contributed by atoms with Crippen molar-refractivity contribution in [3.63, 3.8) is 0 Å². The molecule has 2 aromatic carbocycles. The maximum absolute atomic E-state index is 12.5. The van der Waals surface area contributed by atoms with Crippen LogP contribution < -0.4 is 10.6 Å². The lowest BCUT2D eigenvalue weighted by molar-refractivity contribution is 0.102. The van der Waals surface area contributed by atoms with Crippen molar-refractivity contribution in [3.8, 4) is 0 Å². The average Bonchev–Trinajstić information content (AvgIpc) is 2.63. The van der Waals surface area contributed by atoms with Gasteiger partial charge in [0.15, 0.2) is 0 Å². The highest BCUT2D eigenvalue weighted by atomic mass is 35.5. The Kier molecular flexibility index (Phi) is 5.52. The number of nitrogens with one attached hydrogen (secondary N) is 2. The van der Waals surface area contributed by atoms with E-state index in [1.54, 1.807) is 30.3 Å². The molecule has 136 valence electrons. The predicted octanol–water partition coefficient (Wildman–Crippen LogP) is 4.86. The van der Waals surface area contributed by atoms with Crippen LogP contribution in [0.2, 0.25) is 5.02 Å². The van der Waals surface area contributed by atoms with Crippen molar-refractivity contribution in [1.29, 1.82) is 0 Å². The Hall–Kier alpha value is -3.18. The number of aromatic nitrogens is 1. The number of hydrogen-bond acceptors (Lipinski definition) is 3. The molecule has 0 radical (unpaired) electrons. The monoisotopic (exact) mass is 379 g/mol. The van der Waals surface area contributed by atoms with Gasteiger partial charge in [0, 0.05) is 28.2 Å². The Balaban J connectivity index is 1.75. The number of carbonyl (C=O) groups is 2. The zero-order valence-electron chi connectivity index (χ0n) is 14.9. The smallest absolute Gasteiger partial charge is 0.274 e. The number of anilines is 2. The minimum atomic E-state index is -0.374. The number of hydrogen-bond donors (Lipinski definition) is 2. The van der Waals surface area contributed by atoms with Crippen molar-refractivity contribution in [3.05, 3.63) is 88.2 Å². The van der Waals surface area contributed by atoms with E-state index in [1.165, 1.54) is 12.3 Å². The summed E-state index contributed by atoms with van der Waals surface area (Å²) in [6.07, 6.45) is 1.44. The van der Waals surface area contributed by atoms with Crippen LogP contribution >= 0.6 is 11.6 Å². The molecule has 0 aliphatic carbocycles. The molecule has 0 bridgehead atoms. The summed E-state index contributed by atoms with van der Waals surface area (Å²) < 4.78 is 0. The summed E-state index contributed by atoms with van der Waals surface area (Å²) >= 11 is 5.84. The molecule has 1 heterocycles. The van der Waals surface area contributed by atoms with E-state index in [4.69, 9.17) is 11.6 Å². The van der Waals surface area contributed by atoms with Crippen LogP contribution in [-0.2, 0) is 0 Å². The van der Waals surface area contributed by atoms with Gasteiger partial charge in [-0.3, -0.25) is 14.6 Å².